The second-order valence-corrected chi connectivity index (χ2v) is 3.55. The molecule has 0 radical (unpaired) electrons. The number of ether oxygens (including phenoxy) is 1. The molecule has 1 aromatic carbocycles. The first-order valence-corrected chi connectivity index (χ1v) is 5.22. The maximum atomic E-state index is 9.79. The Kier molecular flexibility index (Phi) is 4.68. The quantitative estimate of drug-likeness (QED) is 0.588. The van der Waals surface area contributed by atoms with Gasteiger partial charge in [0.15, 0.2) is 0 Å². The van der Waals surface area contributed by atoms with Crippen LogP contribution < -0.4 is 10.1 Å². The molecule has 0 fully saturated rings. The third-order valence-electron chi connectivity index (χ3n) is 2.42. The fourth-order valence-corrected chi connectivity index (χ4v) is 1.49. The largest absolute Gasteiger partial charge is 0.507 e. The fourth-order valence-electron chi connectivity index (χ4n) is 1.49. The van der Waals surface area contributed by atoms with Crippen molar-refractivity contribution in [3.63, 3.8) is 0 Å². The molecule has 16 heavy (non-hydrogen) atoms. The number of aromatic hydroxyl groups is 1. The van der Waals surface area contributed by atoms with Gasteiger partial charge < -0.3 is 15.2 Å². The third-order valence-corrected chi connectivity index (χ3v) is 2.42. The predicted octanol–water partition coefficient (Wildman–Crippen LogP) is 2.07. The van der Waals surface area contributed by atoms with Crippen molar-refractivity contribution >= 4 is 0 Å². The Balaban J connectivity index is 2.68. The first kappa shape index (κ1) is 12.4. The van der Waals surface area contributed by atoms with Crippen molar-refractivity contribution in [3.05, 3.63) is 23.8 Å². The minimum absolute atomic E-state index is 0.0688. The van der Waals surface area contributed by atoms with Crippen LogP contribution in [0.5, 0.6) is 11.5 Å². The molecule has 1 unspecified atom stereocenters. The Morgan fingerprint density at radius 3 is 2.88 bits per heavy atom. The van der Waals surface area contributed by atoms with E-state index in [-0.39, 0.29) is 11.8 Å². The Morgan fingerprint density at radius 2 is 2.31 bits per heavy atom. The zero-order valence-corrected chi connectivity index (χ0v) is 9.66. The number of hydrogen-bond donors (Lipinski definition) is 2. The summed E-state index contributed by atoms with van der Waals surface area (Å²) in [5.74, 6) is 3.45. The highest BCUT2D eigenvalue weighted by molar-refractivity contribution is 5.41. The molecule has 0 bridgehead atoms. The van der Waals surface area contributed by atoms with Gasteiger partial charge in [-0.1, -0.05) is 6.07 Å². The van der Waals surface area contributed by atoms with Crippen molar-refractivity contribution in [2.45, 2.75) is 19.4 Å². The molecule has 3 heteroatoms. The number of rotatable bonds is 5. The molecule has 2 N–H and O–H groups in total. The van der Waals surface area contributed by atoms with E-state index in [1.165, 1.54) is 0 Å². The number of benzene rings is 1. The SMILES string of the molecule is C#CCCNC(C)c1ccc(OC)cc1O. The molecule has 0 amide bonds. The lowest BCUT2D eigenvalue weighted by atomic mass is 10.1. The zero-order chi connectivity index (χ0) is 12.0. The van der Waals surface area contributed by atoms with Crippen LogP contribution in [0.1, 0.15) is 24.9 Å². The maximum absolute atomic E-state index is 9.79. The van der Waals surface area contributed by atoms with Crippen molar-refractivity contribution in [3.8, 4) is 23.8 Å². The Labute approximate surface area is 96.4 Å². The lowest BCUT2D eigenvalue weighted by Crippen LogP contribution is -2.19. The van der Waals surface area contributed by atoms with E-state index in [1.807, 2.05) is 19.1 Å². The normalized spacial score (nSPS) is 11.8. The number of phenolic OH excluding ortho intramolecular Hbond substituents is 1. The highest BCUT2D eigenvalue weighted by Crippen LogP contribution is 2.28. The summed E-state index contributed by atoms with van der Waals surface area (Å²) in [6.07, 6.45) is 5.85. The summed E-state index contributed by atoms with van der Waals surface area (Å²) in [7, 11) is 1.57. The van der Waals surface area contributed by atoms with Crippen LogP contribution in [-0.4, -0.2) is 18.8 Å². The van der Waals surface area contributed by atoms with Crippen LogP contribution in [0.15, 0.2) is 18.2 Å². The molecule has 0 aliphatic rings. The van der Waals surface area contributed by atoms with Gasteiger partial charge >= 0.3 is 0 Å². The summed E-state index contributed by atoms with van der Waals surface area (Å²) < 4.78 is 5.02. The van der Waals surface area contributed by atoms with E-state index in [1.54, 1.807) is 13.2 Å². The second-order valence-electron chi connectivity index (χ2n) is 3.55. The van der Waals surface area contributed by atoms with Gasteiger partial charge in [0.2, 0.25) is 0 Å². The summed E-state index contributed by atoms with van der Waals surface area (Å²) in [6.45, 7) is 2.72. The predicted molar refractivity (Wildman–Crippen MR) is 64.5 cm³/mol. The summed E-state index contributed by atoms with van der Waals surface area (Å²) >= 11 is 0. The number of methoxy groups -OCH3 is 1. The second kappa shape index (κ2) is 6.04. The molecule has 0 saturated carbocycles. The number of phenols is 1. The van der Waals surface area contributed by atoms with Crippen LogP contribution in [0.3, 0.4) is 0 Å². The van der Waals surface area contributed by atoms with Crippen molar-refractivity contribution in [1.29, 1.82) is 0 Å². The first-order chi connectivity index (χ1) is 7.69. The molecule has 1 atom stereocenters. The average Bonchev–Trinajstić information content (AvgIpc) is 2.29. The lowest BCUT2D eigenvalue weighted by molar-refractivity contribution is 0.404. The monoisotopic (exact) mass is 219 g/mol. The molecule has 86 valence electrons. The van der Waals surface area contributed by atoms with E-state index >= 15 is 0 Å². The smallest absolute Gasteiger partial charge is 0.124 e. The van der Waals surface area contributed by atoms with Gasteiger partial charge in [-0.05, 0) is 13.0 Å². The molecule has 0 aliphatic carbocycles. The zero-order valence-electron chi connectivity index (χ0n) is 9.66. The summed E-state index contributed by atoms with van der Waals surface area (Å²) in [6, 6.07) is 5.35. The van der Waals surface area contributed by atoms with Gasteiger partial charge in [-0.2, -0.15) is 0 Å². The maximum Gasteiger partial charge on any atom is 0.124 e. The molecule has 0 spiro atoms. The van der Waals surface area contributed by atoms with Crippen LogP contribution in [0.2, 0.25) is 0 Å². The first-order valence-electron chi connectivity index (χ1n) is 5.22. The number of nitrogens with one attached hydrogen (secondary N) is 1. The molecule has 0 saturated heterocycles. The van der Waals surface area contributed by atoms with Crippen LogP contribution in [-0.2, 0) is 0 Å². The average molecular weight is 219 g/mol. The standard InChI is InChI=1S/C13H17NO2/c1-4-5-8-14-10(2)12-7-6-11(16-3)9-13(12)15/h1,6-7,9-10,14-15H,5,8H2,2-3H3. The Morgan fingerprint density at radius 1 is 1.56 bits per heavy atom. The number of hydrogen-bond acceptors (Lipinski definition) is 3. The third kappa shape index (κ3) is 3.18. The molecular formula is C13H17NO2. The van der Waals surface area contributed by atoms with Crippen LogP contribution in [0.4, 0.5) is 0 Å². The van der Waals surface area contributed by atoms with Crippen molar-refractivity contribution in [1.82, 2.24) is 5.32 Å². The number of terminal acetylenes is 1. The summed E-state index contributed by atoms with van der Waals surface area (Å²) in [5.41, 5.74) is 0.845. The Hall–Kier alpha value is -1.66. The van der Waals surface area contributed by atoms with Crippen LogP contribution >= 0.6 is 0 Å². The Bertz CT molecular complexity index is 382. The van der Waals surface area contributed by atoms with E-state index in [2.05, 4.69) is 11.2 Å². The minimum atomic E-state index is 0.0688. The molecular weight excluding hydrogens is 202 g/mol. The van der Waals surface area contributed by atoms with Gasteiger partial charge in [-0.25, -0.2) is 0 Å². The van der Waals surface area contributed by atoms with Gasteiger partial charge in [0.05, 0.1) is 7.11 Å². The molecule has 0 aromatic heterocycles. The molecule has 0 heterocycles. The van der Waals surface area contributed by atoms with E-state index in [4.69, 9.17) is 11.2 Å². The van der Waals surface area contributed by atoms with Crippen molar-refractivity contribution in [2.24, 2.45) is 0 Å². The van der Waals surface area contributed by atoms with Gasteiger partial charge in [0.1, 0.15) is 11.5 Å². The van der Waals surface area contributed by atoms with Gasteiger partial charge in [-0.15, -0.1) is 12.3 Å². The van der Waals surface area contributed by atoms with E-state index < -0.39 is 0 Å². The van der Waals surface area contributed by atoms with E-state index in [9.17, 15) is 5.11 Å². The van der Waals surface area contributed by atoms with E-state index in [0.29, 0.717) is 12.2 Å². The molecule has 0 aliphatic heterocycles. The highest BCUT2D eigenvalue weighted by Gasteiger charge is 2.09. The summed E-state index contributed by atoms with van der Waals surface area (Å²) in [4.78, 5) is 0. The fraction of sp³-hybridized carbons (Fsp3) is 0.385. The minimum Gasteiger partial charge on any atom is -0.507 e. The molecule has 3 nitrogen and oxygen atoms in total. The van der Waals surface area contributed by atoms with Gasteiger partial charge in [0.25, 0.3) is 0 Å². The van der Waals surface area contributed by atoms with Gasteiger partial charge in [-0.3, -0.25) is 0 Å². The van der Waals surface area contributed by atoms with Crippen LogP contribution in [0.25, 0.3) is 0 Å². The van der Waals surface area contributed by atoms with E-state index in [0.717, 1.165) is 12.1 Å². The summed E-state index contributed by atoms with van der Waals surface area (Å²) in [5, 5.41) is 13.0. The van der Waals surface area contributed by atoms with Crippen molar-refractivity contribution < 1.29 is 9.84 Å². The van der Waals surface area contributed by atoms with Crippen LogP contribution in [0, 0.1) is 12.3 Å². The molecule has 1 aromatic rings. The van der Waals surface area contributed by atoms with Crippen molar-refractivity contribution in [2.75, 3.05) is 13.7 Å². The van der Waals surface area contributed by atoms with Gasteiger partial charge in [0, 0.05) is 30.6 Å². The lowest BCUT2D eigenvalue weighted by Gasteiger charge is -2.15. The highest BCUT2D eigenvalue weighted by atomic mass is 16.5. The molecule has 1 rings (SSSR count). The topological polar surface area (TPSA) is 41.5 Å².